The van der Waals surface area contributed by atoms with Crippen LogP contribution in [0.25, 0.3) is 5.57 Å². The molecule has 108 valence electrons. The second-order valence-corrected chi connectivity index (χ2v) is 5.27. The molecule has 1 aromatic rings. The number of pyridine rings is 1. The number of hydrogen-bond donors (Lipinski definition) is 1. The van der Waals surface area contributed by atoms with Gasteiger partial charge in [0.05, 0.1) is 18.0 Å². The van der Waals surface area contributed by atoms with E-state index >= 15 is 0 Å². The summed E-state index contributed by atoms with van der Waals surface area (Å²) in [4.78, 5) is 15.9. The summed E-state index contributed by atoms with van der Waals surface area (Å²) < 4.78 is 5.00. The summed E-state index contributed by atoms with van der Waals surface area (Å²) >= 11 is 0. The molecule has 1 unspecified atom stereocenters. The lowest BCUT2D eigenvalue weighted by Crippen LogP contribution is -2.14. The average Bonchev–Trinajstić information content (AvgIpc) is 2.43. The Morgan fingerprint density at radius 3 is 3.00 bits per heavy atom. The lowest BCUT2D eigenvalue weighted by Gasteiger charge is -2.21. The highest BCUT2D eigenvalue weighted by Crippen LogP contribution is 2.33. The fraction of sp³-hybridized carbons (Fsp3) is 0.500. The van der Waals surface area contributed by atoms with Gasteiger partial charge < -0.3 is 10.5 Å². The standard InChI is InChI=1S/C16H22N2O2/c1-3-20-14(19)10-12-4-6-13(7-5-12)16-15(17)11(2)8-9-18-16/h6,8-9,12H,3-5,7,10,17H2,1-2H3. The molecule has 0 fully saturated rings. The minimum atomic E-state index is -0.0949. The molecule has 0 saturated heterocycles. The van der Waals surface area contributed by atoms with E-state index in [1.54, 1.807) is 6.20 Å². The number of nitrogen functional groups attached to an aromatic ring is 1. The van der Waals surface area contributed by atoms with Gasteiger partial charge in [0, 0.05) is 12.6 Å². The lowest BCUT2D eigenvalue weighted by atomic mass is 9.85. The first-order valence-electron chi connectivity index (χ1n) is 7.18. The molecule has 0 spiro atoms. The molecule has 1 aliphatic rings. The van der Waals surface area contributed by atoms with E-state index in [0.717, 1.165) is 36.2 Å². The Hall–Kier alpha value is -1.84. The molecule has 0 aromatic carbocycles. The molecule has 1 heterocycles. The number of ether oxygens (including phenoxy) is 1. The highest BCUT2D eigenvalue weighted by Gasteiger charge is 2.20. The van der Waals surface area contributed by atoms with Crippen molar-refractivity contribution < 1.29 is 9.53 Å². The maximum Gasteiger partial charge on any atom is 0.306 e. The van der Waals surface area contributed by atoms with E-state index in [2.05, 4.69) is 11.1 Å². The van der Waals surface area contributed by atoms with Crippen molar-refractivity contribution in [1.82, 2.24) is 4.98 Å². The van der Waals surface area contributed by atoms with E-state index in [0.29, 0.717) is 18.9 Å². The fourth-order valence-electron chi connectivity index (χ4n) is 2.57. The molecule has 0 saturated carbocycles. The third kappa shape index (κ3) is 3.38. The molecule has 0 amide bonds. The minimum Gasteiger partial charge on any atom is -0.466 e. The fourth-order valence-corrected chi connectivity index (χ4v) is 2.57. The van der Waals surface area contributed by atoms with Crippen LogP contribution in [0.2, 0.25) is 0 Å². The van der Waals surface area contributed by atoms with E-state index in [1.165, 1.54) is 5.57 Å². The van der Waals surface area contributed by atoms with Gasteiger partial charge in [-0.2, -0.15) is 0 Å². The second kappa shape index (κ2) is 6.55. The van der Waals surface area contributed by atoms with Gasteiger partial charge in [-0.15, -0.1) is 0 Å². The summed E-state index contributed by atoms with van der Waals surface area (Å²) in [6.07, 6.45) is 7.28. The summed E-state index contributed by atoms with van der Waals surface area (Å²) in [7, 11) is 0. The number of aryl methyl sites for hydroxylation is 1. The van der Waals surface area contributed by atoms with Crippen molar-refractivity contribution in [3.8, 4) is 0 Å². The SMILES string of the molecule is CCOC(=O)CC1CC=C(c2nccc(C)c2N)CC1. The van der Waals surface area contributed by atoms with Crippen molar-refractivity contribution in [2.75, 3.05) is 12.3 Å². The van der Waals surface area contributed by atoms with Crippen LogP contribution in [0.15, 0.2) is 18.3 Å². The number of allylic oxidation sites excluding steroid dienone is 2. The van der Waals surface area contributed by atoms with Crippen molar-refractivity contribution in [3.05, 3.63) is 29.6 Å². The van der Waals surface area contributed by atoms with Crippen molar-refractivity contribution in [1.29, 1.82) is 0 Å². The van der Waals surface area contributed by atoms with Crippen LogP contribution in [0.1, 0.15) is 43.9 Å². The quantitative estimate of drug-likeness (QED) is 0.857. The topological polar surface area (TPSA) is 65.2 Å². The monoisotopic (exact) mass is 274 g/mol. The average molecular weight is 274 g/mol. The smallest absolute Gasteiger partial charge is 0.306 e. The largest absolute Gasteiger partial charge is 0.466 e. The van der Waals surface area contributed by atoms with Gasteiger partial charge in [-0.3, -0.25) is 9.78 Å². The number of carbonyl (C=O) groups excluding carboxylic acids is 1. The van der Waals surface area contributed by atoms with E-state index in [9.17, 15) is 4.79 Å². The van der Waals surface area contributed by atoms with Crippen molar-refractivity contribution in [2.24, 2.45) is 5.92 Å². The second-order valence-electron chi connectivity index (χ2n) is 5.27. The van der Waals surface area contributed by atoms with Gasteiger partial charge in [0.15, 0.2) is 0 Å². The summed E-state index contributed by atoms with van der Waals surface area (Å²) in [5, 5.41) is 0. The first-order valence-corrected chi connectivity index (χ1v) is 7.18. The van der Waals surface area contributed by atoms with Gasteiger partial charge in [-0.25, -0.2) is 0 Å². The molecule has 20 heavy (non-hydrogen) atoms. The molecule has 0 radical (unpaired) electrons. The maximum atomic E-state index is 11.5. The van der Waals surface area contributed by atoms with Crippen LogP contribution in [0.3, 0.4) is 0 Å². The molecular formula is C16H22N2O2. The normalized spacial score (nSPS) is 18.5. The zero-order chi connectivity index (χ0) is 14.5. The summed E-state index contributed by atoms with van der Waals surface area (Å²) in [6, 6.07) is 1.92. The highest BCUT2D eigenvalue weighted by molar-refractivity contribution is 5.75. The Bertz CT molecular complexity index is 523. The number of hydrogen-bond acceptors (Lipinski definition) is 4. The number of anilines is 1. The van der Waals surface area contributed by atoms with Crippen LogP contribution in [-0.4, -0.2) is 17.6 Å². The highest BCUT2D eigenvalue weighted by atomic mass is 16.5. The molecule has 4 nitrogen and oxygen atoms in total. The number of esters is 1. The van der Waals surface area contributed by atoms with E-state index in [-0.39, 0.29) is 5.97 Å². The molecule has 1 aliphatic carbocycles. The number of carbonyl (C=O) groups is 1. The van der Waals surface area contributed by atoms with Gasteiger partial charge >= 0.3 is 5.97 Å². The van der Waals surface area contributed by atoms with Crippen LogP contribution in [0.5, 0.6) is 0 Å². The third-order valence-electron chi connectivity index (χ3n) is 3.79. The maximum absolute atomic E-state index is 11.5. The minimum absolute atomic E-state index is 0.0949. The Morgan fingerprint density at radius 1 is 1.55 bits per heavy atom. The first kappa shape index (κ1) is 14.6. The molecule has 1 atom stereocenters. The van der Waals surface area contributed by atoms with Crippen LogP contribution >= 0.6 is 0 Å². The number of aromatic nitrogens is 1. The molecule has 4 heteroatoms. The first-order chi connectivity index (χ1) is 9.61. The number of rotatable bonds is 4. The Morgan fingerprint density at radius 2 is 2.35 bits per heavy atom. The Balaban J connectivity index is 2.02. The van der Waals surface area contributed by atoms with Crippen molar-refractivity contribution in [2.45, 2.75) is 39.5 Å². The van der Waals surface area contributed by atoms with Crippen molar-refractivity contribution in [3.63, 3.8) is 0 Å². The zero-order valence-corrected chi connectivity index (χ0v) is 12.2. The van der Waals surface area contributed by atoms with E-state index < -0.39 is 0 Å². The molecule has 2 rings (SSSR count). The predicted octanol–water partition coefficient (Wildman–Crippen LogP) is 3.11. The Labute approximate surface area is 120 Å². The molecule has 0 aliphatic heterocycles. The van der Waals surface area contributed by atoms with Gasteiger partial charge in [0.2, 0.25) is 0 Å². The number of nitrogens with two attached hydrogens (primary N) is 1. The van der Waals surface area contributed by atoms with Crippen LogP contribution in [-0.2, 0) is 9.53 Å². The molecule has 2 N–H and O–H groups in total. The van der Waals surface area contributed by atoms with E-state index in [4.69, 9.17) is 10.5 Å². The summed E-state index contributed by atoms with van der Waals surface area (Å²) in [5.74, 6) is 0.284. The van der Waals surface area contributed by atoms with Crippen LogP contribution in [0, 0.1) is 12.8 Å². The van der Waals surface area contributed by atoms with Gasteiger partial charge in [0.25, 0.3) is 0 Å². The van der Waals surface area contributed by atoms with Gasteiger partial charge in [0.1, 0.15) is 0 Å². The van der Waals surface area contributed by atoms with Gasteiger partial charge in [-0.05, 0) is 56.2 Å². The predicted molar refractivity (Wildman–Crippen MR) is 80.0 cm³/mol. The summed E-state index contributed by atoms with van der Waals surface area (Å²) in [6.45, 7) is 4.28. The number of nitrogens with zero attached hydrogens (tertiary/aromatic N) is 1. The van der Waals surface area contributed by atoms with Crippen LogP contribution < -0.4 is 5.73 Å². The molecular weight excluding hydrogens is 252 g/mol. The van der Waals surface area contributed by atoms with Crippen molar-refractivity contribution >= 4 is 17.2 Å². The molecule has 1 aromatic heterocycles. The van der Waals surface area contributed by atoms with Gasteiger partial charge in [-0.1, -0.05) is 6.08 Å². The lowest BCUT2D eigenvalue weighted by molar-refractivity contribution is -0.144. The van der Waals surface area contributed by atoms with E-state index in [1.807, 2.05) is 19.9 Å². The summed E-state index contributed by atoms with van der Waals surface area (Å²) in [5.41, 5.74) is 10.0. The Kier molecular flexibility index (Phi) is 4.77. The zero-order valence-electron chi connectivity index (χ0n) is 12.2. The van der Waals surface area contributed by atoms with Crippen LogP contribution in [0.4, 0.5) is 5.69 Å². The molecule has 0 bridgehead atoms. The third-order valence-corrected chi connectivity index (χ3v) is 3.79.